The van der Waals surface area contributed by atoms with Crippen molar-refractivity contribution in [1.82, 2.24) is 5.43 Å². The van der Waals surface area contributed by atoms with Crippen LogP contribution < -0.4 is 5.43 Å². The fourth-order valence-electron chi connectivity index (χ4n) is 1.42. The number of rotatable bonds is 5. The number of carbonyl (C=O) groups is 1. The Hall–Kier alpha value is -2.08. The minimum atomic E-state index is -0.333. The van der Waals surface area contributed by atoms with Crippen LogP contribution in [0, 0.1) is 5.82 Å². The number of nitrogens with zero attached hydrogens (tertiary/aromatic N) is 1. The van der Waals surface area contributed by atoms with Crippen molar-refractivity contribution < 1.29 is 13.6 Å². The molecule has 0 spiro atoms. The predicted molar refractivity (Wildman–Crippen MR) is 76.2 cm³/mol. The molecule has 0 fully saturated rings. The Morgan fingerprint density at radius 3 is 2.85 bits per heavy atom. The first-order chi connectivity index (χ1) is 9.66. The monoisotopic (exact) mass is 292 g/mol. The highest BCUT2D eigenvalue weighted by Crippen LogP contribution is 2.20. The number of halogens is 1. The molecule has 0 saturated carbocycles. The topological polar surface area (TPSA) is 54.6 Å². The summed E-state index contributed by atoms with van der Waals surface area (Å²) in [6, 6.07) is 9.81. The van der Waals surface area contributed by atoms with Crippen molar-refractivity contribution in [3.05, 3.63) is 54.2 Å². The summed E-state index contributed by atoms with van der Waals surface area (Å²) in [5, 5.41) is 3.92. The summed E-state index contributed by atoms with van der Waals surface area (Å²) in [4.78, 5) is 12.0. The summed E-state index contributed by atoms with van der Waals surface area (Å²) < 4.78 is 18.5. The highest BCUT2D eigenvalue weighted by molar-refractivity contribution is 8.00. The Kier molecular flexibility index (Phi) is 4.95. The van der Waals surface area contributed by atoms with E-state index in [2.05, 4.69) is 10.5 Å². The predicted octanol–water partition coefficient (Wildman–Crippen LogP) is 3.05. The van der Waals surface area contributed by atoms with Gasteiger partial charge < -0.3 is 4.42 Å². The number of thioether (sulfide) groups is 1. The molecule has 0 radical (unpaired) electrons. The van der Waals surface area contributed by atoms with E-state index in [4.69, 9.17) is 4.42 Å². The number of hydrogen-bond acceptors (Lipinski definition) is 4. The van der Waals surface area contributed by atoms with Crippen LogP contribution in [0.3, 0.4) is 0 Å². The summed E-state index contributed by atoms with van der Waals surface area (Å²) in [5.74, 6) is 0.0485. The van der Waals surface area contributed by atoms with E-state index in [0.29, 0.717) is 16.4 Å². The normalized spacial score (nSPS) is 11.4. The Morgan fingerprint density at radius 1 is 1.35 bits per heavy atom. The molecule has 20 heavy (non-hydrogen) atoms. The second kappa shape index (κ2) is 6.91. The van der Waals surface area contributed by atoms with E-state index in [-0.39, 0.29) is 17.5 Å². The zero-order chi connectivity index (χ0) is 14.4. The van der Waals surface area contributed by atoms with Gasteiger partial charge in [0.2, 0.25) is 5.91 Å². The number of benzene rings is 1. The van der Waals surface area contributed by atoms with Crippen molar-refractivity contribution >= 4 is 23.4 Å². The highest BCUT2D eigenvalue weighted by atomic mass is 32.2. The van der Waals surface area contributed by atoms with Crippen LogP contribution in [0.15, 0.2) is 57.1 Å². The average molecular weight is 292 g/mol. The molecule has 0 bridgehead atoms. The lowest BCUT2D eigenvalue weighted by Crippen LogP contribution is -2.21. The van der Waals surface area contributed by atoms with Crippen molar-refractivity contribution in [3.8, 4) is 0 Å². The summed E-state index contributed by atoms with van der Waals surface area (Å²) in [5.41, 5.74) is 2.97. The molecule has 4 nitrogen and oxygen atoms in total. The lowest BCUT2D eigenvalue weighted by Gasteiger charge is -2.02. The van der Waals surface area contributed by atoms with Gasteiger partial charge in [0.05, 0.1) is 12.0 Å². The van der Waals surface area contributed by atoms with E-state index in [9.17, 15) is 9.18 Å². The second-order valence-electron chi connectivity index (χ2n) is 3.93. The summed E-state index contributed by atoms with van der Waals surface area (Å²) in [6.07, 6.45) is 1.53. The van der Waals surface area contributed by atoms with Crippen LogP contribution in [0.25, 0.3) is 0 Å². The van der Waals surface area contributed by atoms with Crippen molar-refractivity contribution in [2.24, 2.45) is 5.10 Å². The molecule has 2 rings (SSSR count). The first-order valence-corrected chi connectivity index (χ1v) is 6.89. The lowest BCUT2D eigenvalue weighted by atomic mass is 10.3. The van der Waals surface area contributed by atoms with Crippen LogP contribution in [0.1, 0.15) is 12.7 Å². The Morgan fingerprint density at radius 2 is 2.15 bits per heavy atom. The van der Waals surface area contributed by atoms with Gasteiger partial charge in [-0.1, -0.05) is 12.1 Å². The third-order valence-electron chi connectivity index (χ3n) is 2.42. The number of hydrogen-bond donors (Lipinski definition) is 1. The van der Waals surface area contributed by atoms with Crippen LogP contribution >= 0.6 is 11.8 Å². The zero-order valence-corrected chi connectivity index (χ0v) is 11.6. The molecular weight excluding hydrogens is 279 g/mol. The highest BCUT2D eigenvalue weighted by Gasteiger charge is 2.06. The first kappa shape index (κ1) is 14.3. The van der Waals surface area contributed by atoms with Crippen LogP contribution in [0.5, 0.6) is 0 Å². The molecule has 0 aliphatic carbocycles. The Labute approximate surface area is 120 Å². The van der Waals surface area contributed by atoms with Gasteiger partial charge in [-0.05, 0) is 31.2 Å². The van der Waals surface area contributed by atoms with Gasteiger partial charge in [0.1, 0.15) is 17.3 Å². The van der Waals surface area contributed by atoms with Gasteiger partial charge in [0.15, 0.2) is 0 Å². The van der Waals surface area contributed by atoms with Gasteiger partial charge >= 0.3 is 0 Å². The lowest BCUT2D eigenvalue weighted by molar-refractivity contribution is -0.118. The maximum absolute atomic E-state index is 13.3. The minimum Gasteiger partial charge on any atom is -0.463 e. The third-order valence-corrected chi connectivity index (χ3v) is 3.47. The molecule has 0 unspecified atom stereocenters. The third kappa shape index (κ3) is 3.96. The summed E-state index contributed by atoms with van der Waals surface area (Å²) in [6.45, 7) is 1.73. The molecule has 1 amide bonds. The quantitative estimate of drug-likeness (QED) is 0.523. The molecule has 1 heterocycles. The fourth-order valence-corrected chi connectivity index (χ4v) is 2.15. The standard InChI is InChI=1S/C14H13FN2O2S/c1-10(12-6-4-8-19-12)16-17-14(18)9-20-13-7-3-2-5-11(13)15/h2-8H,9H2,1H3,(H,17,18)/b16-10+. The molecule has 1 aromatic carbocycles. The average Bonchev–Trinajstić information content (AvgIpc) is 2.98. The maximum atomic E-state index is 13.3. The number of nitrogens with one attached hydrogen (secondary N) is 1. The molecular formula is C14H13FN2O2S. The van der Waals surface area contributed by atoms with Crippen LogP contribution in [-0.4, -0.2) is 17.4 Å². The molecule has 6 heteroatoms. The molecule has 0 aliphatic rings. The van der Waals surface area contributed by atoms with E-state index in [1.54, 1.807) is 37.3 Å². The molecule has 2 aromatic rings. The SMILES string of the molecule is C/C(=N\NC(=O)CSc1ccccc1F)c1ccco1. The molecule has 0 saturated heterocycles. The van der Waals surface area contributed by atoms with E-state index in [1.807, 2.05) is 0 Å². The number of amides is 1. The van der Waals surface area contributed by atoms with Crippen molar-refractivity contribution in [2.75, 3.05) is 5.75 Å². The van der Waals surface area contributed by atoms with Crippen LogP contribution in [0.4, 0.5) is 4.39 Å². The molecule has 1 N–H and O–H groups in total. The second-order valence-corrected chi connectivity index (χ2v) is 4.95. The summed E-state index contributed by atoms with van der Waals surface area (Å²) in [7, 11) is 0. The number of furan rings is 1. The smallest absolute Gasteiger partial charge is 0.250 e. The molecule has 1 aromatic heterocycles. The van der Waals surface area contributed by atoms with Gasteiger partial charge in [-0.2, -0.15) is 5.10 Å². The van der Waals surface area contributed by atoms with Gasteiger partial charge in [0.25, 0.3) is 0 Å². The van der Waals surface area contributed by atoms with Crippen molar-refractivity contribution in [3.63, 3.8) is 0 Å². The minimum absolute atomic E-state index is 0.0931. The largest absolute Gasteiger partial charge is 0.463 e. The van der Waals surface area contributed by atoms with Gasteiger partial charge in [-0.25, -0.2) is 9.82 Å². The van der Waals surface area contributed by atoms with Crippen molar-refractivity contribution in [2.45, 2.75) is 11.8 Å². The van der Waals surface area contributed by atoms with Gasteiger partial charge in [-0.15, -0.1) is 11.8 Å². The summed E-state index contributed by atoms with van der Waals surface area (Å²) >= 11 is 1.12. The zero-order valence-electron chi connectivity index (χ0n) is 10.8. The van der Waals surface area contributed by atoms with Crippen molar-refractivity contribution in [1.29, 1.82) is 0 Å². The van der Waals surface area contributed by atoms with Crippen LogP contribution in [-0.2, 0) is 4.79 Å². The number of hydrazone groups is 1. The van der Waals surface area contributed by atoms with E-state index < -0.39 is 0 Å². The number of carbonyl (C=O) groups excluding carboxylic acids is 1. The molecule has 104 valence electrons. The van der Waals surface area contributed by atoms with E-state index >= 15 is 0 Å². The van der Waals surface area contributed by atoms with Gasteiger partial charge in [0, 0.05) is 4.90 Å². The Balaban J connectivity index is 1.84. The molecule has 0 aliphatic heterocycles. The van der Waals surface area contributed by atoms with E-state index in [0.717, 1.165) is 11.8 Å². The fraction of sp³-hybridized carbons (Fsp3) is 0.143. The van der Waals surface area contributed by atoms with E-state index in [1.165, 1.54) is 12.3 Å². The Bertz CT molecular complexity index is 611. The first-order valence-electron chi connectivity index (χ1n) is 5.91. The maximum Gasteiger partial charge on any atom is 0.250 e. The van der Waals surface area contributed by atoms with Gasteiger partial charge in [-0.3, -0.25) is 4.79 Å². The molecule has 0 atom stereocenters. The van der Waals surface area contributed by atoms with Crippen LogP contribution in [0.2, 0.25) is 0 Å².